The predicted molar refractivity (Wildman–Crippen MR) is 147 cm³/mol. The van der Waals surface area contributed by atoms with Crippen LogP contribution < -0.4 is 15.8 Å². The molecular weight excluding hydrogens is 510 g/mol. The number of halogens is 1. The maximum atomic E-state index is 12.9. The first kappa shape index (κ1) is 25.3. The molecule has 4 aromatic rings. The SMILES string of the molecule is CC(Oc1cc(-n2cnc3ccc(NC(=O)C4CCCN(C)C4)cc32)sc1C(N)=O)c1ccccc1Cl. The molecule has 2 amide bonds. The molecule has 0 aliphatic carbocycles. The topological polar surface area (TPSA) is 102 Å². The Kier molecular flexibility index (Phi) is 7.19. The van der Waals surface area contributed by atoms with Crippen molar-refractivity contribution in [2.24, 2.45) is 11.7 Å². The van der Waals surface area contributed by atoms with Crippen LogP contribution in [0.3, 0.4) is 0 Å². The van der Waals surface area contributed by atoms with Crippen molar-refractivity contribution < 1.29 is 14.3 Å². The minimum atomic E-state index is -0.576. The van der Waals surface area contributed by atoms with Crippen molar-refractivity contribution >= 4 is 51.5 Å². The first-order chi connectivity index (χ1) is 17.8. The summed E-state index contributed by atoms with van der Waals surface area (Å²) < 4.78 is 8.01. The van der Waals surface area contributed by atoms with Crippen LogP contribution in [-0.2, 0) is 4.79 Å². The van der Waals surface area contributed by atoms with Crippen molar-refractivity contribution in [1.82, 2.24) is 14.5 Å². The van der Waals surface area contributed by atoms with E-state index >= 15 is 0 Å². The van der Waals surface area contributed by atoms with Gasteiger partial charge in [0.1, 0.15) is 28.1 Å². The summed E-state index contributed by atoms with van der Waals surface area (Å²) in [7, 11) is 2.04. The smallest absolute Gasteiger partial charge is 0.262 e. The number of hydrogen-bond acceptors (Lipinski definition) is 6. The molecule has 10 heteroatoms. The van der Waals surface area contributed by atoms with Gasteiger partial charge in [0, 0.05) is 28.9 Å². The first-order valence-electron chi connectivity index (χ1n) is 12.1. The zero-order valence-electron chi connectivity index (χ0n) is 20.6. The minimum Gasteiger partial charge on any atom is -0.484 e. The van der Waals surface area contributed by atoms with E-state index in [1.807, 2.05) is 54.9 Å². The van der Waals surface area contributed by atoms with Gasteiger partial charge in [-0.15, -0.1) is 11.3 Å². The number of piperidine rings is 1. The standard InChI is InChI=1S/C27H28ClN5O3S/c1-16(19-7-3-4-8-20(19)28)36-23-13-24(37-25(23)26(29)34)33-15-30-21-10-9-18(12-22(21)33)31-27(35)17-6-5-11-32(2)14-17/h3-4,7-10,12-13,15-17H,5-6,11,14H2,1-2H3,(H2,29,34)(H,31,35). The average molecular weight is 538 g/mol. The normalized spacial score (nSPS) is 17.0. The maximum Gasteiger partial charge on any atom is 0.262 e. The van der Waals surface area contributed by atoms with Gasteiger partial charge in [-0.05, 0) is 57.6 Å². The van der Waals surface area contributed by atoms with Crippen LogP contribution in [0.15, 0.2) is 54.9 Å². The lowest BCUT2D eigenvalue weighted by Gasteiger charge is -2.28. The average Bonchev–Trinajstić information content (AvgIpc) is 3.48. The van der Waals surface area contributed by atoms with Gasteiger partial charge in [-0.2, -0.15) is 0 Å². The van der Waals surface area contributed by atoms with Gasteiger partial charge >= 0.3 is 0 Å². The Labute approximate surface area is 224 Å². The Morgan fingerprint density at radius 2 is 2.05 bits per heavy atom. The number of carbonyl (C=O) groups is 2. The molecule has 2 aromatic heterocycles. The molecular formula is C27H28ClN5O3S. The fraction of sp³-hybridized carbons (Fsp3) is 0.296. The summed E-state index contributed by atoms with van der Waals surface area (Å²) in [6, 6.07) is 14.8. The number of benzene rings is 2. The Bertz CT molecular complexity index is 1470. The Morgan fingerprint density at radius 3 is 2.81 bits per heavy atom. The van der Waals surface area contributed by atoms with Crippen LogP contribution in [0.1, 0.15) is 41.1 Å². The molecule has 2 aromatic carbocycles. The molecule has 0 bridgehead atoms. The third-order valence-corrected chi connectivity index (χ3v) is 8.08. The minimum absolute atomic E-state index is 0.0216. The van der Waals surface area contributed by atoms with Gasteiger partial charge in [0.05, 0.1) is 17.0 Å². The third-order valence-electron chi connectivity index (χ3n) is 6.60. The second kappa shape index (κ2) is 10.5. The lowest BCUT2D eigenvalue weighted by molar-refractivity contribution is -0.121. The number of anilines is 1. The number of nitrogens with two attached hydrogens (primary N) is 1. The van der Waals surface area contributed by atoms with Crippen LogP contribution in [0.4, 0.5) is 5.69 Å². The van der Waals surface area contributed by atoms with Crippen LogP contribution in [0.2, 0.25) is 5.02 Å². The summed E-state index contributed by atoms with van der Waals surface area (Å²) in [5, 5.41) is 4.36. The molecule has 2 atom stereocenters. The fourth-order valence-electron chi connectivity index (χ4n) is 4.68. The Balaban J connectivity index is 1.43. The largest absolute Gasteiger partial charge is 0.484 e. The molecule has 0 saturated carbocycles. The lowest BCUT2D eigenvalue weighted by atomic mass is 9.97. The molecule has 2 unspecified atom stereocenters. The highest BCUT2D eigenvalue weighted by molar-refractivity contribution is 7.16. The number of fused-ring (bicyclic) bond motifs is 1. The number of ether oxygens (including phenoxy) is 1. The maximum absolute atomic E-state index is 12.9. The van der Waals surface area contributed by atoms with Crippen LogP contribution in [0.25, 0.3) is 16.0 Å². The van der Waals surface area contributed by atoms with Crippen LogP contribution in [0.5, 0.6) is 5.75 Å². The van der Waals surface area contributed by atoms with Crippen LogP contribution in [0, 0.1) is 5.92 Å². The second-order valence-electron chi connectivity index (χ2n) is 9.33. The molecule has 1 aliphatic heterocycles. The summed E-state index contributed by atoms with van der Waals surface area (Å²) in [5.41, 5.74) is 8.75. The van der Waals surface area contributed by atoms with Crippen molar-refractivity contribution in [1.29, 1.82) is 0 Å². The number of nitrogens with zero attached hydrogens (tertiary/aromatic N) is 3. The molecule has 8 nitrogen and oxygen atoms in total. The zero-order chi connectivity index (χ0) is 26.1. The van der Waals surface area contributed by atoms with E-state index in [-0.39, 0.29) is 11.8 Å². The Hall–Kier alpha value is -3.40. The number of rotatable bonds is 7. The quantitative estimate of drug-likeness (QED) is 0.335. The number of primary amides is 1. The summed E-state index contributed by atoms with van der Waals surface area (Å²) in [6.07, 6.45) is 3.19. The summed E-state index contributed by atoms with van der Waals surface area (Å²) in [5.74, 6) is -0.206. The highest BCUT2D eigenvalue weighted by Crippen LogP contribution is 2.37. The van der Waals surface area contributed by atoms with Gasteiger partial charge in [0.25, 0.3) is 5.91 Å². The number of carbonyl (C=O) groups excluding carboxylic acids is 2. The molecule has 3 N–H and O–H groups in total. The number of aromatic nitrogens is 2. The van der Waals surface area contributed by atoms with Crippen molar-refractivity contribution in [2.45, 2.75) is 25.9 Å². The molecule has 1 saturated heterocycles. The van der Waals surface area contributed by atoms with Crippen molar-refractivity contribution in [3.05, 3.63) is 70.3 Å². The van der Waals surface area contributed by atoms with Crippen molar-refractivity contribution in [2.75, 3.05) is 25.5 Å². The number of imidazole rings is 1. The van der Waals surface area contributed by atoms with Gasteiger partial charge in [-0.1, -0.05) is 29.8 Å². The van der Waals surface area contributed by atoms with E-state index in [0.717, 1.165) is 47.5 Å². The monoisotopic (exact) mass is 537 g/mol. The van der Waals surface area contributed by atoms with E-state index in [2.05, 4.69) is 15.2 Å². The predicted octanol–water partition coefficient (Wildman–Crippen LogP) is 5.26. The van der Waals surface area contributed by atoms with E-state index in [1.54, 1.807) is 18.5 Å². The van der Waals surface area contributed by atoms with Gasteiger partial charge in [0.15, 0.2) is 0 Å². The highest BCUT2D eigenvalue weighted by atomic mass is 35.5. The molecule has 1 fully saturated rings. The number of thiophene rings is 1. The number of likely N-dealkylation sites (tertiary alicyclic amines) is 1. The van der Waals surface area contributed by atoms with E-state index in [9.17, 15) is 9.59 Å². The van der Waals surface area contributed by atoms with E-state index in [4.69, 9.17) is 22.1 Å². The van der Waals surface area contributed by atoms with Crippen LogP contribution >= 0.6 is 22.9 Å². The van der Waals surface area contributed by atoms with Crippen molar-refractivity contribution in [3.8, 4) is 10.8 Å². The Morgan fingerprint density at radius 1 is 1.24 bits per heavy atom. The molecule has 1 aliphatic rings. The molecule has 0 spiro atoms. The molecule has 192 valence electrons. The summed E-state index contributed by atoms with van der Waals surface area (Å²) >= 11 is 7.56. The number of amides is 2. The fourth-order valence-corrected chi connectivity index (χ4v) is 5.90. The van der Waals surface area contributed by atoms with Crippen molar-refractivity contribution in [3.63, 3.8) is 0 Å². The summed E-state index contributed by atoms with van der Waals surface area (Å²) in [6.45, 7) is 3.65. The summed E-state index contributed by atoms with van der Waals surface area (Å²) in [4.78, 5) is 32.1. The van der Waals surface area contributed by atoms with E-state index in [0.29, 0.717) is 21.3 Å². The van der Waals surface area contributed by atoms with Gasteiger partial charge < -0.3 is 20.7 Å². The number of hydrogen-bond donors (Lipinski definition) is 2. The van der Waals surface area contributed by atoms with Gasteiger partial charge in [0.2, 0.25) is 5.91 Å². The molecule has 37 heavy (non-hydrogen) atoms. The van der Waals surface area contributed by atoms with E-state index < -0.39 is 12.0 Å². The highest BCUT2D eigenvalue weighted by Gasteiger charge is 2.24. The molecule has 5 rings (SSSR count). The third kappa shape index (κ3) is 5.34. The van der Waals surface area contributed by atoms with Gasteiger partial charge in [-0.25, -0.2) is 4.98 Å². The van der Waals surface area contributed by atoms with Gasteiger partial charge in [-0.3, -0.25) is 14.2 Å². The van der Waals surface area contributed by atoms with Crippen LogP contribution in [-0.4, -0.2) is 46.4 Å². The second-order valence-corrected chi connectivity index (χ2v) is 10.8. The zero-order valence-corrected chi connectivity index (χ0v) is 22.2. The lowest BCUT2D eigenvalue weighted by Crippen LogP contribution is -2.38. The first-order valence-corrected chi connectivity index (χ1v) is 13.3. The van der Waals surface area contributed by atoms with E-state index in [1.165, 1.54) is 11.3 Å². The number of nitrogens with one attached hydrogen (secondary N) is 1. The molecule has 3 heterocycles. The molecule has 0 radical (unpaired) electrons.